The first-order valence-corrected chi connectivity index (χ1v) is 5.12. The van der Waals surface area contributed by atoms with Crippen LogP contribution >= 0.6 is 0 Å². The van der Waals surface area contributed by atoms with Crippen molar-refractivity contribution in [1.29, 1.82) is 0 Å². The average molecular weight is 237 g/mol. The first kappa shape index (κ1) is 13.1. The highest BCUT2D eigenvalue weighted by molar-refractivity contribution is 5.27. The van der Waals surface area contributed by atoms with Gasteiger partial charge < -0.3 is 15.9 Å². The third kappa shape index (κ3) is 3.81. The summed E-state index contributed by atoms with van der Waals surface area (Å²) in [6.45, 7) is 2.06. The SMILES string of the molecule is CC(=C/COc1ccccc1F)/C(=C\N)NN. The number of para-hydroxylation sites is 1. The van der Waals surface area contributed by atoms with Crippen LogP contribution in [0.2, 0.25) is 0 Å². The normalized spacial score (nSPS) is 12.4. The van der Waals surface area contributed by atoms with Crippen LogP contribution in [0, 0.1) is 5.82 Å². The molecule has 0 radical (unpaired) electrons. The van der Waals surface area contributed by atoms with Gasteiger partial charge in [0.2, 0.25) is 0 Å². The molecule has 17 heavy (non-hydrogen) atoms. The fraction of sp³-hybridized carbons (Fsp3) is 0.167. The summed E-state index contributed by atoms with van der Waals surface area (Å²) in [5.41, 5.74) is 9.22. The summed E-state index contributed by atoms with van der Waals surface area (Å²) in [5.74, 6) is 5.09. The van der Waals surface area contributed by atoms with E-state index in [0.717, 1.165) is 5.57 Å². The van der Waals surface area contributed by atoms with E-state index in [9.17, 15) is 4.39 Å². The van der Waals surface area contributed by atoms with Gasteiger partial charge in [-0.2, -0.15) is 0 Å². The van der Waals surface area contributed by atoms with Crippen molar-refractivity contribution in [2.45, 2.75) is 6.92 Å². The number of rotatable bonds is 5. The van der Waals surface area contributed by atoms with Gasteiger partial charge >= 0.3 is 0 Å². The molecule has 1 rings (SSSR count). The minimum Gasteiger partial charge on any atom is -0.486 e. The van der Waals surface area contributed by atoms with Gasteiger partial charge in [0.05, 0.1) is 5.70 Å². The Balaban J connectivity index is 2.58. The van der Waals surface area contributed by atoms with Crippen LogP contribution in [0.1, 0.15) is 6.92 Å². The lowest BCUT2D eigenvalue weighted by atomic mass is 10.2. The van der Waals surface area contributed by atoms with Gasteiger partial charge in [-0.25, -0.2) is 4.39 Å². The number of halogens is 1. The number of nitrogens with two attached hydrogens (primary N) is 2. The smallest absolute Gasteiger partial charge is 0.165 e. The van der Waals surface area contributed by atoms with Crippen LogP contribution in [-0.2, 0) is 0 Å². The van der Waals surface area contributed by atoms with Crippen LogP contribution in [0.25, 0.3) is 0 Å². The minimum atomic E-state index is -0.384. The second kappa shape index (κ2) is 6.55. The zero-order valence-corrected chi connectivity index (χ0v) is 9.61. The summed E-state index contributed by atoms with van der Waals surface area (Å²) in [6, 6.07) is 6.23. The van der Waals surface area contributed by atoms with Gasteiger partial charge in [-0.05, 0) is 30.7 Å². The molecule has 0 atom stereocenters. The Bertz CT molecular complexity index is 430. The van der Waals surface area contributed by atoms with E-state index >= 15 is 0 Å². The van der Waals surface area contributed by atoms with E-state index in [1.807, 2.05) is 6.92 Å². The topological polar surface area (TPSA) is 73.3 Å². The lowest BCUT2D eigenvalue weighted by molar-refractivity contribution is 0.341. The summed E-state index contributed by atoms with van der Waals surface area (Å²) >= 11 is 0. The molecule has 0 heterocycles. The van der Waals surface area contributed by atoms with Crippen molar-refractivity contribution < 1.29 is 9.13 Å². The summed E-state index contributed by atoms with van der Waals surface area (Å²) in [7, 11) is 0. The second-order valence-corrected chi connectivity index (χ2v) is 3.35. The molecule has 5 N–H and O–H groups in total. The van der Waals surface area contributed by atoms with Crippen LogP contribution in [0.4, 0.5) is 4.39 Å². The van der Waals surface area contributed by atoms with Gasteiger partial charge in [0, 0.05) is 6.20 Å². The maximum absolute atomic E-state index is 13.2. The zero-order chi connectivity index (χ0) is 12.7. The van der Waals surface area contributed by atoms with E-state index in [1.54, 1.807) is 24.3 Å². The molecule has 0 saturated carbocycles. The van der Waals surface area contributed by atoms with Gasteiger partial charge in [0.1, 0.15) is 6.61 Å². The first-order chi connectivity index (χ1) is 8.19. The van der Waals surface area contributed by atoms with Gasteiger partial charge in [-0.15, -0.1) is 0 Å². The zero-order valence-electron chi connectivity index (χ0n) is 9.61. The van der Waals surface area contributed by atoms with Crippen LogP contribution in [-0.4, -0.2) is 6.61 Å². The molecule has 1 aromatic carbocycles. The molecule has 4 nitrogen and oxygen atoms in total. The molecule has 0 bridgehead atoms. The summed E-state index contributed by atoms with van der Waals surface area (Å²) in [5, 5.41) is 0. The van der Waals surface area contributed by atoms with Crippen LogP contribution in [0.5, 0.6) is 5.75 Å². The Morgan fingerprint density at radius 2 is 2.18 bits per heavy atom. The summed E-state index contributed by atoms with van der Waals surface area (Å²) in [6.07, 6.45) is 3.11. The monoisotopic (exact) mass is 237 g/mol. The standard InChI is InChI=1S/C12H16FN3O/c1-9(11(8-14)16-15)6-7-17-12-5-3-2-4-10(12)13/h2-6,8,16H,7,14-15H2,1H3/b9-6-,11-8+. The van der Waals surface area contributed by atoms with Crippen LogP contribution < -0.4 is 21.7 Å². The van der Waals surface area contributed by atoms with E-state index in [-0.39, 0.29) is 18.2 Å². The maximum Gasteiger partial charge on any atom is 0.165 e. The molecule has 0 unspecified atom stereocenters. The Labute approximate surface area is 99.7 Å². The van der Waals surface area contributed by atoms with Crippen molar-refractivity contribution in [3.8, 4) is 5.75 Å². The van der Waals surface area contributed by atoms with Crippen molar-refractivity contribution in [3.63, 3.8) is 0 Å². The van der Waals surface area contributed by atoms with Crippen molar-refractivity contribution in [2.24, 2.45) is 11.6 Å². The predicted molar refractivity (Wildman–Crippen MR) is 65.2 cm³/mol. The average Bonchev–Trinajstić information content (AvgIpc) is 2.33. The molecule has 0 amide bonds. The van der Waals surface area contributed by atoms with Crippen molar-refractivity contribution in [1.82, 2.24) is 5.43 Å². The van der Waals surface area contributed by atoms with Crippen molar-refractivity contribution in [3.05, 3.63) is 53.6 Å². The molecule has 0 aliphatic rings. The predicted octanol–water partition coefficient (Wildman–Crippen LogP) is 1.41. The van der Waals surface area contributed by atoms with Crippen molar-refractivity contribution >= 4 is 0 Å². The number of allylic oxidation sites excluding steroid dienone is 1. The Morgan fingerprint density at radius 3 is 2.76 bits per heavy atom. The highest BCUT2D eigenvalue weighted by Gasteiger charge is 2.00. The van der Waals surface area contributed by atoms with E-state index in [0.29, 0.717) is 5.70 Å². The number of benzene rings is 1. The molecule has 0 aromatic heterocycles. The molecule has 5 heteroatoms. The molecule has 92 valence electrons. The number of ether oxygens (including phenoxy) is 1. The van der Waals surface area contributed by atoms with Gasteiger partial charge in [0.15, 0.2) is 11.6 Å². The fourth-order valence-electron chi connectivity index (χ4n) is 1.22. The Hall–Kier alpha value is -2.01. The van der Waals surface area contributed by atoms with E-state index in [2.05, 4.69) is 5.43 Å². The largest absolute Gasteiger partial charge is 0.486 e. The lowest BCUT2D eigenvalue weighted by Crippen LogP contribution is -2.23. The van der Waals surface area contributed by atoms with E-state index < -0.39 is 0 Å². The Kier molecular flexibility index (Phi) is 5.03. The highest BCUT2D eigenvalue weighted by Crippen LogP contribution is 2.15. The lowest BCUT2D eigenvalue weighted by Gasteiger charge is -2.07. The number of hydrazine groups is 1. The summed E-state index contributed by atoms with van der Waals surface area (Å²) in [4.78, 5) is 0. The Morgan fingerprint density at radius 1 is 1.47 bits per heavy atom. The highest BCUT2D eigenvalue weighted by atomic mass is 19.1. The van der Waals surface area contributed by atoms with Crippen molar-refractivity contribution in [2.75, 3.05) is 6.61 Å². The van der Waals surface area contributed by atoms with Gasteiger partial charge in [-0.1, -0.05) is 12.1 Å². The maximum atomic E-state index is 13.2. The quantitative estimate of drug-likeness (QED) is 0.411. The van der Waals surface area contributed by atoms with Gasteiger partial charge in [-0.3, -0.25) is 5.84 Å². The van der Waals surface area contributed by atoms with E-state index in [1.165, 1.54) is 12.3 Å². The minimum absolute atomic E-state index is 0.218. The summed E-state index contributed by atoms with van der Waals surface area (Å²) < 4.78 is 18.5. The molecule has 0 saturated heterocycles. The first-order valence-electron chi connectivity index (χ1n) is 5.12. The number of hydrogen-bond donors (Lipinski definition) is 3. The number of nitrogens with one attached hydrogen (secondary N) is 1. The third-order valence-corrected chi connectivity index (χ3v) is 2.21. The van der Waals surface area contributed by atoms with Crippen LogP contribution in [0.3, 0.4) is 0 Å². The second-order valence-electron chi connectivity index (χ2n) is 3.35. The number of hydrogen-bond acceptors (Lipinski definition) is 4. The van der Waals surface area contributed by atoms with E-state index in [4.69, 9.17) is 16.3 Å². The molecule has 0 aliphatic carbocycles. The van der Waals surface area contributed by atoms with Crippen LogP contribution in [0.15, 0.2) is 47.8 Å². The third-order valence-electron chi connectivity index (χ3n) is 2.21. The van der Waals surface area contributed by atoms with Gasteiger partial charge in [0.25, 0.3) is 0 Å². The molecule has 0 spiro atoms. The molecular formula is C12H16FN3O. The molecule has 0 fully saturated rings. The molecular weight excluding hydrogens is 221 g/mol. The molecule has 1 aromatic rings. The molecule has 0 aliphatic heterocycles. The fourth-order valence-corrected chi connectivity index (χ4v) is 1.22.